The first-order valence-corrected chi connectivity index (χ1v) is 21.6. The Morgan fingerprint density at radius 3 is 2.32 bits per heavy atom. The predicted octanol–water partition coefficient (Wildman–Crippen LogP) is 7.03. The molecule has 60 heavy (non-hydrogen) atoms. The first-order chi connectivity index (χ1) is 28.3. The van der Waals surface area contributed by atoms with Crippen LogP contribution in [0, 0.1) is 5.41 Å². The molecular formula is C45H55N5O9S. The highest BCUT2D eigenvalue weighted by atomic mass is 32.2. The second kappa shape index (κ2) is 19.0. The molecule has 1 aromatic heterocycles. The first-order valence-electron chi connectivity index (χ1n) is 19.9. The van der Waals surface area contributed by atoms with Crippen LogP contribution >= 0.6 is 0 Å². The second-order valence-corrected chi connectivity index (χ2v) is 18.6. The van der Waals surface area contributed by atoms with Gasteiger partial charge in [0.1, 0.15) is 41.0 Å². The minimum Gasteiger partial charge on any atom is -0.497 e. The number of hydrogen-bond acceptors (Lipinski definition) is 10. The Morgan fingerprint density at radius 1 is 0.917 bits per heavy atom. The van der Waals surface area contributed by atoms with Crippen LogP contribution in [0.4, 0.5) is 4.79 Å². The number of aromatic nitrogens is 1. The average Bonchev–Trinajstić information content (AvgIpc) is 3.17. The summed E-state index contributed by atoms with van der Waals surface area (Å²) in [6.45, 7) is 12.2. The molecule has 320 valence electrons. The Bertz CT molecular complexity index is 2350. The number of fused-ring (bicyclic) bond motifs is 3. The molecule has 5 rings (SSSR count). The summed E-state index contributed by atoms with van der Waals surface area (Å²) in [4.78, 5) is 59.8. The van der Waals surface area contributed by atoms with Gasteiger partial charge in [0.25, 0.3) is 5.91 Å². The number of methoxy groups -OCH3 is 1. The molecule has 2 heterocycles. The first kappa shape index (κ1) is 45.1. The maximum Gasteiger partial charge on any atom is 0.408 e. The lowest BCUT2D eigenvalue weighted by molar-refractivity contribution is -0.133. The van der Waals surface area contributed by atoms with Gasteiger partial charge in [0.2, 0.25) is 21.8 Å². The van der Waals surface area contributed by atoms with E-state index in [4.69, 9.17) is 19.2 Å². The van der Waals surface area contributed by atoms with Crippen LogP contribution in [0.2, 0.25) is 0 Å². The molecule has 0 saturated heterocycles. The van der Waals surface area contributed by atoms with Gasteiger partial charge >= 0.3 is 6.09 Å². The summed E-state index contributed by atoms with van der Waals surface area (Å²) in [5.74, 6) is -1.19. The molecule has 0 spiro atoms. The van der Waals surface area contributed by atoms with Gasteiger partial charge in [0.15, 0.2) is 0 Å². The van der Waals surface area contributed by atoms with Gasteiger partial charge in [-0.25, -0.2) is 18.2 Å². The van der Waals surface area contributed by atoms with Crippen molar-refractivity contribution < 1.29 is 41.8 Å². The van der Waals surface area contributed by atoms with E-state index in [1.54, 1.807) is 85.9 Å². The molecule has 3 aromatic carbocycles. The van der Waals surface area contributed by atoms with Crippen molar-refractivity contribution in [2.45, 2.75) is 97.9 Å². The minimum absolute atomic E-state index is 0.109. The van der Waals surface area contributed by atoms with Crippen molar-refractivity contribution >= 4 is 44.7 Å². The van der Waals surface area contributed by atoms with Gasteiger partial charge in [-0.2, -0.15) is 0 Å². The Kier molecular flexibility index (Phi) is 14.3. The van der Waals surface area contributed by atoms with E-state index in [0.29, 0.717) is 51.4 Å². The summed E-state index contributed by atoms with van der Waals surface area (Å²) in [5, 5.41) is 8.87. The number of hydrogen-bond donors (Lipinski definition) is 4. The number of nitrogens with zero attached hydrogens (tertiary/aromatic N) is 1. The van der Waals surface area contributed by atoms with Crippen LogP contribution in [0.3, 0.4) is 0 Å². The zero-order valence-electron chi connectivity index (χ0n) is 35.4. The van der Waals surface area contributed by atoms with Crippen molar-refractivity contribution in [3.8, 4) is 28.5 Å². The molecule has 0 fully saturated rings. The summed E-state index contributed by atoms with van der Waals surface area (Å²) < 4.78 is 45.7. The third-order valence-electron chi connectivity index (χ3n) is 9.55. The number of benzene rings is 3. The number of ether oxygens (including phenoxy) is 3. The van der Waals surface area contributed by atoms with E-state index >= 15 is 0 Å². The number of sulfonamides is 1. The van der Waals surface area contributed by atoms with Crippen LogP contribution < -0.4 is 30.1 Å². The maximum atomic E-state index is 14.4. The van der Waals surface area contributed by atoms with Gasteiger partial charge in [-0.05, 0) is 80.8 Å². The van der Waals surface area contributed by atoms with Crippen LogP contribution in [-0.4, -0.2) is 67.8 Å². The molecule has 4 aromatic rings. The van der Waals surface area contributed by atoms with E-state index in [-0.39, 0.29) is 25.0 Å². The van der Waals surface area contributed by atoms with E-state index < -0.39 is 63.0 Å². The van der Waals surface area contributed by atoms with Crippen LogP contribution in [0.5, 0.6) is 17.2 Å². The molecule has 4 amide bonds. The molecule has 0 aliphatic carbocycles. The highest BCUT2D eigenvalue weighted by Crippen LogP contribution is 2.37. The van der Waals surface area contributed by atoms with Gasteiger partial charge in [0, 0.05) is 23.1 Å². The van der Waals surface area contributed by atoms with Crippen molar-refractivity contribution in [3.05, 3.63) is 96.1 Å². The molecule has 2 bridgehead atoms. The zero-order chi connectivity index (χ0) is 43.8. The zero-order valence-corrected chi connectivity index (χ0v) is 36.2. The molecule has 1 aliphatic rings. The highest BCUT2D eigenvalue weighted by Gasteiger charge is 2.37. The number of carbonyl (C=O) groups is 4. The lowest BCUT2D eigenvalue weighted by atomic mass is 9.86. The lowest BCUT2D eigenvalue weighted by Crippen LogP contribution is -2.57. The van der Waals surface area contributed by atoms with Gasteiger partial charge in [-0.1, -0.05) is 82.7 Å². The topological polar surface area (TPSA) is 191 Å². The summed E-state index contributed by atoms with van der Waals surface area (Å²) in [6.07, 6.45) is 3.56. The van der Waals surface area contributed by atoms with E-state index in [1.807, 2.05) is 54.6 Å². The average molecular weight is 842 g/mol. The molecular weight excluding hydrogens is 787 g/mol. The predicted molar refractivity (Wildman–Crippen MR) is 230 cm³/mol. The van der Waals surface area contributed by atoms with Crippen molar-refractivity contribution in [2.75, 3.05) is 12.9 Å². The number of amides is 4. The summed E-state index contributed by atoms with van der Waals surface area (Å²) in [7, 11) is -2.49. The fourth-order valence-corrected chi connectivity index (χ4v) is 7.56. The smallest absolute Gasteiger partial charge is 0.408 e. The quantitative estimate of drug-likeness (QED) is 0.127. The lowest BCUT2D eigenvalue weighted by Gasteiger charge is -2.33. The van der Waals surface area contributed by atoms with Crippen LogP contribution in [0.1, 0.15) is 84.9 Å². The third-order valence-corrected chi connectivity index (χ3v) is 10.8. The molecule has 1 aliphatic heterocycles. The normalized spacial score (nSPS) is 18.4. The van der Waals surface area contributed by atoms with E-state index in [9.17, 15) is 27.6 Å². The Labute approximate surface area is 351 Å². The van der Waals surface area contributed by atoms with Gasteiger partial charge in [-0.3, -0.25) is 19.1 Å². The third kappa shape index (κ3) is 12.1. The Morgan fingerprint density at radius 2 is 1.65 bits per heavy atom. The van der Waals surface area contributed by atoms with Gasteiger partial charge in [-0.15, -0.1) is 0 Å². The van der Waals surface area contributed by atoms with Crippen molar-refractivity contribution in [3.63, 3.8) is 0 Å². The van der Waals surface area contributed by atoms with Crippen molar-refractivity contribution in [1.82, 2.24) is 25.7 Å². The van der Waals surface area contributed by atoms with E-state index in [1.165, 1.54) is 0 Å². The largest absolute Gasteiger partial charge is 0.497 e. The van der Waals surface area contributed by atoms with Crippen molar-refractivity contribution in [1.29, 1.82) is 0 Å². The fraction of sp³-hybridized carbons (Fsp3) is 0.400. The summed E-state index contributed by atoms with van der Waals surface area (Å²) >= 11 is 0. The maximum absolute atomic E-state index is 14.4. The monoisotopic (exact) mass is 841 g/mol. The standard InChI is InChI=1S/C45H55N5O9S/c1-9-16-33-40(51)50-60(55,56)24-15-11-14-19-29-25-30(38(41(52)47-33)48-42(53)39(44(2,3)4)49-43(54)59-45(5,6)7)20-23-36(29)58-37-27-34(28-17-12-10-13-18-28)46-35-26-31(57-8)21-22-32(35)37/h10-14,17-18,20-23,25-27,33,38-39H,9,15-16,19,24H2,1-8H3,(H,47,52)(H,48,53)(H,49,54)(H,50,51)/b14-11+/t33-,38-,39+/m0/s1. The Hall–Kier alpha value is -5.96. The summed E-state index contributed by atoms with van der Waals surface area (Å²) in [5.41, 5.74) is 1.41. The second-order valence-electron chi connectivity index (χ2n) is 16.7. The number of carbonyl (C=O) groups excluding carboxylic acids is 4. The molecule has 14 nitrogen and oxygen atoms in total. The number of pyridine rings is 1. The van der Waals surface area contributed by atoms with Gasteiger partial charge in [0.05, 0.1) is 24.1 Å². The van der Waals surface area contributed by atoms with E-state index in [2.05, 4.69) is 20.7 Å². The van der Waals surface area contributed by atoms with Crippen molar-refractivity contribution in [2.24, 2.45) is 5.41 Å². The van der Waals surface area contributed by atoms with Crippen LogP contribution in [0.15, 0.2) is 84.9 Å². The van der Waals surface area contributed by atoms with Crippen LogP contribution in [-0.2, 0) is 35.6 Å². The molecule has 4 N–H and O–H groups in total. The SMILES string of the molecule is CCC[C@@H]1NC(=O)[C@@H](NC(=O)[C@@H](NC(=O)OC(C)(C)C)C(C)(C)C)c2ccc(Oc3cc(-c4ccccc4)nc4cc(OC)ccc34)c(c2)C/C=C/CCS(=O)(=O)NC1=O. The number of alkyl carbamates (subject to hydrolysis) is 1. The van der Waals surface area contributed by atoms with Gasteiger partial charge < -0.3 is 30.2 Å². The molecule has 3 atom stereocenters. The molecule has 0 radical (unpaired) electrons. The summed E-state index contributed by atoms with van der Waals surface area (Å²) in [6, 6.07) is 18.2. The number of rotatable bonds is 9. The molecule has 0 unspecified atom stereocenters. The minimum atomic E-state index is -4.07. The van der Waals surface area contributed by atoms with Crippen LogP contribution in [0.25, 0.3) is 22.2 Å². The fourth-order valence-electron chi connectivity index (χ4n) is 6.57. The molecule has 0 saturated carbocycles. The Balaban J connectivity index is 1.63. The molecule has 15 heteroatoms. The number of allylic oxidation sites excluding steroid dienone is 2. The number of nitrogens with one attached hydrogen (secondary N) is 4. The van der Waals surface area contributed by atoms with E-state index in [0.717, 1.165) is 5.56 Å². The highest BCUT2D eigenvalue weighted by molar-refractivity contribution is 7.90.